The zero-order valence-electron chi connectivity index (χ0n) is 35.3. The molecular weight excluding hydrogens is 721 g/mol. The Kier molecular flexibility index (Phi) is 35.4. The average molecular weight is 789 g/mol. The van der Waals surface area contributed by atoms with Gasteiger partial charge in [-0.25, -0.2) is 0 Å². The Balaban J connectivity index is 0.000000325. The van der Waals surface area contributed by atoms with Gasteiger partial charge in [-0.05, 0) is 98.5 Å². The summed E-state index contributed by atoms with van der Waals surface area (Å²) in [4.78, 5) is 15.4. The van der Waals surface area contributed by atoms with Crippen LogP contribution in [0.25, 0.3) is 0 Å². The van der Waals surface area contributed by atoms with Gasteiger partial charge in [-0.15, -0.1) is 0 Å². The maximum atomic E-state index is 3.96. The van der Waals surface area contributed by atoms with Gasteiger partial charge in [-0.1, -0.05) is 184 Å². The van der Waals surface area contributed by atoms with Gasteiger partial charge >= 0.3 is 0 Å². The zero-order valence-corrected chi connectivity index (χ0v) is 35.3. The molecule has 0 aromatic heterocycles. The number of aliphatic imine (C=N–C) groups is 4. The molecule has 0 aromatic carbocycles. The van der Waals surface area contributed by atoms with Crippen LogP contribution in [0.2, 0.25) is 0 Å². The molecule has 0 fully saturated rings. The van der Waals surface area contributed by atoms with Crippen molar-refractivity contribution in [1.29, 1.82) is 0 Å². The molecule has 59 heavy (non-hydrogen) atoms. The lowest BCUT2D eigenvalue weighted by atomic mass is 10.4. The molecule has 0 amide bonds. The topological polar surface area (TPSA) is 73.5 Å². The van der Waals surface area contributed by atoms with Crippen LogP contribution < -0.4 is 10.6 Å². The molecular formula is C53H68N6. The number of allylic oxidation sites excluding steroid dienone is 28. The number of rotatable bonds is 0. The van der Waals surface area contributed by atoms with Crippen LogP contribution in [0.5, 0.6) is 0 Å². The molecule has 310 valence electrons. The predicted octanol–water partition coefficient (Wildman–Crippen LogP) is 12.5. The third kappa shape index (κ3) is 39.6. The fraction of sp³-hybridized carbons (Fsp3) is 0.245. The van der Waals surface area contributed by atoms with Crippen LogP contribution in [0.4, 0.5) is 0 Å². The molecule has 0 atom stereocenters. The lowest BCUT2D eigenvalue weighted by Crippen LogP contribution is -1.96. The van der Waals surface area contributed by atoms with E-state index in [1.165, 1.54) is 38.5 Å². The first-order valence-corrected chi connectivity index (χ1v) is 20.6. The zero-order chi connectivity index (χ0) is 42.4. The van der Waals surface area contributed by atoms with Crippen molar-refractivity contribution in [1.82, 2.24) is 10.6 Å². The van der Waals surface area contributed by atoms with Crippen LogP contribution in [0, 0.1) is 0 Å². The van der Waals surface area contributed by atoms with Gasteiger partial charge in [0.1, 0.15) is 6.67 Å². The van der Waals surface area contributed by atoms with Gasteiger partial charge in [0.25, 0.3) is 0 Å². The van der Waals surface area contributed by atoms with Crippen LogP contribution in [-0.4, -0.2) is 57.7 Å². The van der Waals surface area contributed by atoms with E-state index in [4.69, 9.17) is 0 Å². The molecule has 5 heterocycles. The van der Waals surface area contributed by atoms with Crippen LogP contribution in [0.1, 0.15) is 51.4 Å². The van der Waals surface area contributed by atoms with Crippen LogP contribution >= 0.6 is 0 Å². The Morgan fingerprint density at radius 3 is 0.780 bits per heavy atom. The fourth-order valence-corrected chi connectivity index (χ4v) is 4.42. The molecule has 0 bridgehead atoms. The van der Waals surface area contributed by atoms with E-state index in [-0.39, 0.29) is 0 Å². The SMILES string of the molecule is C1=CCC=C1.C1=CCC=C1.C1=CNCC1.C1=CNCC1.C1=NCCC1.C1=NCCC1.C1=NCN=C1.C=C1C=CC=C1.C=C1C=CC=C1.C=C1C=CC=C1.C=C1C=CC=C1. The number of hydrogen-bond acceptors (Lipinski definition) is 6. The third-order valence-corrected chi connectivity index (χ3v) is 7.56. The van der Waals surface area contributed by atoms with Crippen molar-refractivity contribution < 1.29 is 0 Å². The highest BCUT2D eigenvalue weighted by Gasteiger charge is 1.87. The molecule has 2 N–H and O–H groups in total. The summed E-state index contributed by atoms with van der Waals surface area (Å²) in [6, 6.07) is 0. The second-order valence-electron chi connectivity index (χ2n) is 12.9. The van der Waals surface area contributed by atoms with E-state index in [1.807, 2.05) is 122 Å². The van der Waals surface area contributed by atoms with E-state index in [0.29, 0.717) is 6.67 Å². The van der Waals surface area contributed by atoms with Gasteiger partial charge in [0.2, 0.25) is 0 Å². The van der Waals surface area contributed by atoms with E-state index in [0.717, 1.165) is 61.3 Å². The molecule has 6 nitrogen and oxygen atoms in total. The van der Waals surface area contributed by atoms with Crippen LogP contribution in [-0.2, 0) is 0 Å². The summed E-state index contributed by atoms with van der Waals surface area (Å²) in [5.41, 5.74) is 4.37. The van der Waals surface area contributed by atoms with Crippen molar-refractivity contribution in [2.24, 2.45) is 20.0 Å². The fourth-order valence-electron chi connectivity index (χ4n) is 4.42. The molecule has 11 rings (SSSR count). The lowest BCUT2D eigenvalue weighted by molar-refractivity contribution is 0.917. The highest BCUT2D eigenvalue weighted by atomic mass is 14.9. The van der Waals surface area contributed by atoms with Gasteiger partial charge in [0, 0.05) is 38.6 Å². The number of nitrogens with zero attached hydrogens (tertiary/aromatic N) is 4. The normalized spacial score (nSPS) is 18.2. The summed E-state index contributed by atoms with van der Waals surface area (Å²) in [6.45, 7) is 19.8. The number of hydrogen-bond donors (Lipinski definition) is 2. The van der Waals surface area contributed by atoms with Gasteiger partial charge in [-0.2, -0.15) is 0 Å². The summed E-state index contributed by atoms with van der Waals surface area (Å²) in [5, 5.41) is 6.08. The first-order valence-electron chi connectivity index (χ1n) is 20.6. The summed E-state index contributed by atoms with van der Waals surface area (Å²) in [7, 11) is 0. The number of nitrogens with one attached hydrogen (secondary N) is 2. The predicted molar refractivity (Wildman–Crippen MR) is 266 cm³/mol. The second kappa shape index (κ2) is 41.2. The maximum Gasteiger partial charge on any atom is 0.129 e. The molecule has 0 radical (unpaired) electrons. The largest absolute Gasteiger partial charge is 0.391 e. The Morgan fingerprint density at radius 2 is 0.695 bits per heavy atom. The first kappa shape index (κ1) is 50.6. The monoisotopic (exact) mass is 789 g/mol. The van der Waals surface area contributed by atoms with Crippen molar-refractivity contribution in [3.05, 3.63) is 219 Å². The van der Waals surface area contributed by atoms with E-state index in [2.05, 4.69) is 118 Å². The van der Waals surface area contributed by atoms with Crippen molar-refractivity contribution in [2.75, 3.05) is 32.8 Å². The smallest absolute Gasteiger partial charge is 0.129 e. The highest BCUT2D eigenvalue weighted by Crippen LogP contribution is 2.03. The molecule has 0 saturated heterocycles. The molecule has 5 aliphatic heterocycles. The van der Waals surface area contributed by atoms with Gasteiger partial charge in [0.15, 0.2) is 0 Å². The van der Waals surface area contributed by atoms with Gasteiger partial charge in [-0.3, -0.25) is 20.0 Å². The molecule has 0 spiro atoms. The van der Waals surface area contributed by atoms with Crippen molar-refractivity contribution in [3.63, 3.8) is 0 Å². The summed E-state index contributed by atoms with van der Waals surface area (Å²) in [5.74, 6) is 0. The third-order valence-electron chi connectivity index (χ3n) is 7.56. The van der Waals surface area contributed by atoms with Crippen molar-refractivity contribution in [2.45, 2.75) is 51.4 Å². The lowest BCUT2D eigenvalue weighted by Gasteiger charge is -1.78. The standard InChI is InChI=1S/4C6H6.2C5H6.4C4H7N.C3H4N2/c4*1-6-4-2-3-5-6;6*1-2-4-5-3-1;1-2-5-3-4-1/h4*2-5H,1H2;2*1-4H,5H2;2*3H,1-2,4H2;2*1,3,5H,2,4H2;1-2H,3H2. The Hall–Kier alpha value is -6.40. The molecule has 11 aliphatic rings. The Morgan fingerprint density at radius 1 is 0.373 bits per heavy atom. The molecule has 0 unspecified atom stereocenters. The quantitative estimate of drug-likeness (QED) is 0.257. The molecule has 6 aliphatic carbocycles. The average Bonchev–Trinajstić information content (AvgIpc) is 4.13. The minimum absolute atomic E-state index is 0.639. The van der Waals surface area contributed by atoms with E-state index < -0.39 is 0 Å². The van der Waals surface area contributed by atoms with Crippen LogP contribution in [0.3, 0.4) is 0 Å². The molecule has 0 aromatic rings. The van der Waals surface area contributed by atoms with Crippen molar-refractivity contribution >= 4 is 24.9 Å². The van der Waals surface area contributed by atoms with Gasteiger partial charge in [0.05, 0.1) is 0 Å². The summed E-state index contributed by atoms with van der Waals surface area (Å²) >= 11 is 0. The Labute approximate surface area is 357 Å². The maximum absolute atomic E-state index is 3.96. The van der Waals surface area contributed by atoms with Crippen LogP contribution in [0.15, 0.2) is 239 Å². The first-order chi connectivity index (χ1) is 29.1. The Bertz CT molecular complexity index is 1390. The second-order valence-corrected chi connectivity index (χ2v) is 12.9. The van der Waals surface area contributed by atoms with E-state index in [9.17, 15) is 0 Å². The summed E-state index contributed by atoms with van der Waals surface area (Å²) in [6.07, 6.45) is 73.5. The highest BCUT2D eigenvalue weighted by molar-refractivity contribution is 6.17. The summed E-state index contributed by atoms with van der Waals surface area (Å²) < 4.78 is 0. The minimum atomic E-state index is 0.639. The van der Waals surface area contributed by atoms with Gasteiger partial charge < -0.3 is 10.6 Å². The van der Waals surface area contributed by atoms with Crippen molar-refractivity contribution in [3.8, 4) is 0 Å². The van der Waals surface area contributed by atoms with E-state index in [1.54, 1.807) is 12.4 Å². The molecule has 6 heteroatoms. The molecule has 0 saturated carbocycles. The minimum Gasteiger partial charge on any atom is -0.391 e. The van der Waals surface area contributed by atoms with E-state index >= 15 is 0 Å².